The zero-order chi connectivity index (χ0) is 13.3. The van der Waals surface area contributed by atoms with E-state index in [0.29, 0.717) is 12.5 Å². The maximum atomic E-state index is 12.6. The molecule has 1 amide bonds. The maximum Gasteiger partial charge on any atom is 0.270 e. The molecule has 1 aromatic heterocycles. The molecule has 0 unspecified atom stereocenters. The average molecular weight is 249 g/mol. The summed E-state index contributed by atoms with van der Waals surface area (Å²) < 4.78 is 1.95. The van der Waals surface area contributed by atoms with Gasteiger partial charge in [0.25, 0.3) is 5.91 Å². The first-order valence-electron chi connectivity index (χ1n) is 6.69. The molecule has 1 aliphatic rings. The van der Waals surface area contributed by atoms with E-state index >= 15 is 0 Å². The molecule has 2 atom stereocenters. The van der Waals surface area contributed by atoms with Crippen LogP contribution in [0.25, 0.3) is 0 Å². The van der Waals surface area contributed by atoms with Crippen molar-refractivity contribution in [2.24, 2.45) is 18.7 Å². The number of piperidine rings is 1. The summed E-state index contributed by atoms with van der Waals surface area (Å²) in [5.74, 6) is 0.613. The molecule has 0 bridgehead atoms. The molecule has 0 saturated carbocycles. The van der Waals surface area contributed by atoms with Gasteiger partial charge in [-0.05, 0) is 37.8 Å². The highest BCUT2D eigenvalue weighted by Gasteiger charge is 2.32. The van der Waals surface area contributed by atoms with Gasteiger partial charge in [0.2, 0.25) is 0 Å². The number of hydrogen-bond acceptors (Lipinski definition) is 2. The van der Waals surface area contributed by atoms with E-state index in [9.17, 15) is 4.79 Å². The lowest BCUT2D eigenvalue weighted by atomic mass is 9.90. The van der Waals surface area contributed by atoms with Crippen molar-refractivity contribution in [3.63, 3.8) is 0 Å². The summed E-state index contributed by atoms with van der Waals surface area (Å²) in [6.45, 7) is 5.58. The molecule has 1 aliphatic heterocycles. The van der Waals surface area contributed by atoms with Crippen molar-refractivity contribution in [1.82, 2.24) is 9.47 Å². The number of nitrogens with zero attached hydrogens (tertiary/aromatic N) is 2. The van der Waals surface area contributed by atoms with E-state index in [1.54, 1.807) is 0 Å². The number of carbonyl (C=O) groups is 1. The SMILES string of the molecule is Cc1ccc(C(=O)N2CCC[C@@H](C)[C@@H]2CN)n1C. The Kier molecular flexibility index (Phi) is 3.76. The third-order valence-electron chi connectivity index (χ3n) is 4.21. The molecule has 0 aliphatic carbocycles. The van der Waals surface area contributed by atoms with Gasteiger partial charge in [-0.2, -0.15) is 0 Å². The van der Waals surface area contributed by atoms with Crippen molar-refractivity contribution in [3.8, 4) is 0 Å². The van der Waals surface area contributed by atoms with E-state index in [0.717, 1.165) is 30.8 Å². The second kappa shape index (κ2) is 5.14. The van der Waals surface area contributed by atoms with Crippen molar-refractivity contribution >= 4 is 5.91 Å². The van der Waals surface area contributed by atoms with Crippen LogP contribution < -0.4 is 5.73 Å². The van der Waals surface area contributed by atoms with E-state index in [-0.39, 0.29) is 11.9 Å². The zero-order valence-corrected chi connectivity index (χ0v) is 11.5. The van der Waals surface area contributed by atoms with Gasteiger partial charge in [-0.25, -0.2) is 0 Å². The minimum Gasteiger partial charge on any atom is -0.344 e. The molecule has 100 valence electrons. The molecule has 2 rings (SSSR count). The second-order valence-corrected chi connectivity index (χ2v) is 5.34. The van der Waals surface area contributed by atoms with Gasteiger partial charge >= 0.3 is 0 Å². The summed E-state index contributed by atoms with van der Waals surface area (Å²) >= 11 is 0. The summed E-state index contributed by atoms with van der Waals surface area (Å²) in [6.07, 6.45) is 2.24. The number of aryl methyl sites for hydroxylation is 1. The molecule has 1 fully saturated rings. The van der Waals surface area contributed by atoms with Gasteiger partial charge in [-0.15, -0.1) is 0 Å². The zero-order valence-electron chi connectivity index (χ0n) is 11.5. The van der Waals surface area contributed by atoms with Gasteiger partial charge in [0, 0.05) is 31.9 Å². The van der Waals surface area contributed by atoms with Crippen LogP contribution in [-0.2, 0) is 7.05 Å². The van der Waals surface area contributed by atoms with Crippen molar-refractivity contribution in [3.05, 3.63) is 23.5 Å². The van der Waals surface area contributed by atoms with E-state index in [1.165, 1.54) is 0 Å². The monoisotopic (exact) mass is 249 g/mol. The van der Waals surface area contributed by atoms with Crippen LogP contribution in [0.4, 0.5) is 0 Å². The Morgan fingerprint density at radius 1 is 1.50 bits per heavy atom. The summed E-state index contributed by atoms with van der Waals surface area (Å²) in [4.78, 5) is 14.6. The minimum atomic E-state index is 0.118. The lowest BCUT2D eigenvalue weighted by Gasteiger charge is -2.39. The Morgan fingerprint density at radius 3 is 2.78 bits per heavy atom. The Bertz CT molecular complexity index is 438. The van der Waals surface area contributed by atoms with Gasteiger partial charge in [-0.3, -0.25) is 4.79 Å². The first-order valence-corrected chi connectivity index (χ1v) is 6.69. The topological polar surface area (TPSA) is 51.3 Å². The number of amides is 1. The highest BCUT2D eigenvalue weighted by Crippen LogP contribution is 2.24. The molecule has 4 nitrogen and oxygen atoms in total. The number of hydrogen-bond donors (Lipinski definition) is 1. The smallest absolute Gasteiger partial charge is 0.270 e. The fraction of sp³-hybridized carbons (Fsp3) is 0.643. The van der Waals surface area contributed by atoms with Crippen LogP contribution in [0.15, 0.2) is 12.1 Å². The molecule has 2 N–H and O–H groups in total. The molecule has 0 aromatic carbocycles. The standard InChI is InChI=1S/C14H23N3O/c1-10-5-4-8-17(13(10)9-15)14(18)12-7-6-11(2)16(12)3/h6-7,10,13H,4-5,8-9,15H2,1-3H3/t10-,13+/m1/s1. The predicted molar refractivity (Wildman–Crippen MR) is 72.4 cm³/mol. The first-order chi connectivity index (χ1) is 8.56. The largest absolute Gasteiger partial charge is 0.344 e. The van der Waals surface area contributed by atoms with E-state index in [4.69, 9.17) is 5.73 Å². The third-order valence-corrected chi connectivity index (χ3v) is 4.21. The van der Waals surface area contributed by atoms with Crippen LogP contribution in [0.2, 0.25) is 0 Å². The number of aromatic nitrogens is 1. The van der Waals surface area contributed by atoms with Crippen LogP contribution in [-0.4, -0.2) is 34.5 Å². The van der Waals surface area contributed by atoms with Gasteiger partial charge in [0.1, 0.15) is 5.69 Å². The molecule has 1 saturated heterocycles. The van der Waals surface area contributed by atoms with Crippen molar-refractivity contribution in [2.45, 2.75) is 32.7 Å². The number of carbonyl (C=O) groups excluding carboxylic acids is 1. The average Bonchev–Trinajstić information content (AvgIpc) is 2.69. The summed E-state index contributed by atoms with van der Waals surface area (Å²) in [6, 6.07) is 4.07. The lowest BCUT2D eigenvalue weighted by molar-refractivity contribution is 0.0522. The van der Waals surface area contributed by atoms with Crippen LogP contribution >= 0.6 is 0 Å². The molecular weight excluding hydrogens is 226 g/mol. The lowest BCUT2D eigenvalue weighted by Crippen LogP contribution is -2.51. The molecule has 2 heterocycles. The molecule has 0 spiro atoms. The van der Waals surface area contributed by atoms with Gasteiger partial charge in [0.15, 0.2) is 0 Å². The molecular formula is C14H23N3O. The van der Waals surface area contributed by atoms with Crippen LogP contribution in [0.3, 0.4) is 0 Å². The van der Waals surface area contributed by atoms with Crippen molar-refractivity contribution in [1.29, 1.82) is 0 Å². The number of rotatable bonds is 2. The maximum absolute atomic E-state index is 12.6. The Balaban J connectivity index is 2.24. The molecule has 18 heavy (non-hydrogen) atoms. The van der Waals surface area contributed by atoms with Gasteiger partial charge < -0.3 is 15.2 Å². The van der Waals surface area contributed by atoms with E-state index in [2.05, 4.69) is 6.92 Å². The normalized spacial score (nSPS) is 24.3. The first kappa shape index (κ1) is 13.1. The fourth-order valence-corrected chi connectivity index (χ4v) is 2.84. The second-order valence-electron chi connectivity index (χ2n) is 5.34. The Hall–Kier alpha value is -1.29. The minimum absolute atomic E-state index is 0.118. The quantitative estimate of drug-likeness (QED) is 0.864. The van der Waals surface area contributed by atoms with Crippen LogP contribution in [0.1, 0.15) is 35.9 Å². The van der Waals surface area contributed by atoms with Crippen LogP contribution in [0, 0.1) is 12.8 Å². The van der Waals surface area contributed by atoms with Gasteiger partial charge in [-0.1, -0.05) is 6.92 Å². The molecule has 0 radical (unpaired) electrons. The van der Waals surface area contributed by atoms with Crippen molar-refractivity contribution in [2.75, 3.05) is 13.1 Å². The Labute approximate surface area is 109 Å². The van der Waals surface area contributed by atoms with E-state index < -0.39 is 0 Å². The predicted octanol–water partition coefficient (Wildman–Crippen LogP) is 1.53. The third kappa shape index (κ3) is 2.17. The number of likely N-dealkylation sites (tertiary alicyclic amines) is 1. The van der Waals surface area contributed by atoms with E-state index in [1.807, 2.05) is 35.6 Å². The van der Waals surface area contributed by atoms with Crippen LogP contribution in [0.5, 0.6) is 0 Å². The Morgan fingerprint density at radius 2 is 2.22 bits per heavy atom. The summed E-state index contributed by atoms with van der Waals surface area (Å²) in [5.41, 5.74) is 7.71. The fourth-order valence-electron chi connectivity index (χ4n) is 2.84. The highest BCUT2D eigenvalue weighted by atomic mass is 16.2. The molecule has 4 heteroatoms. The van der Waals surface area contributed by atoms with Crippen molar-refractivity contribution < 1.29 is 4.79 Å². The highest BCUT2D eigenvalue weighted by molar-refractivity contribution is 5.93. The summed E-state index contributed by atoms with van der Waals surface area (Å²) in [5, 5.41) is 0. The number of nitrogens with two attached hydrogens (primary N) is 1. The molecule has 1 aromatic rings. The summed E-state index contributed by atoms with van der Waals surface area (Å²) in [7, 11) is 1.94. The van der Waals surface area contributed by atoms with Gasteiger partial charge in [0.05, 0.1) is 0 Å².